The lowest BCUT2D eigenvalue weighted by Gasteiger charge is -2.28. The van der Waals surface area contributed by atoms with Crippen molar-refractivity contribution in [2.75, 3.05) is 18.1 Å². The van der Waals surface area contributed by atoms with Crippen LogP contribution in [0.1, 0.15) is 5.56 Å². The van der Waals surface area contributed by atoms with Gasteiger partial charge < -0.3 is 9.84 Å². The van der Waals surface area contributed by atoms with E-state index in [1.54, 1.807) is 48.5 Å². The number of halogens is 1. The number of amides is 2. The van der Waals surface area contributed by atoms with Gasteiger partial charge in [-0.2, -0.15) is 0 Å². The third kappa shape index (κ3) is 4.33. The second-order valence-electron chi connectivity index (χ2n) is 5.58. The SMILES string of the molecule is O=C1NC(=S)N(c2ccc(Cl)cc2)C(=O)C1=Cc1ccc(OCCO)cc1. The number of thiocarbonyl (C=S) groups is 1. The van der Waals surface area contributed by atoms with E-state index < -0.39 is 11.8 Å². The van der Waals surface area contributed by atoms with Crippen LogP contribution < -0.4 is 15.0 Å². The van der Waals surface area contributed by atoms with Gasteiger partial charge in [0.25, 0.3) is 11.8 Å². The highest BCUT2D eigenvalue weighted by molar-refractivity contribution is 7.80. The third-order valence-electron chi connectivity index (χ3n) is 3.74. The molecule has 3 rings (SSSR count). The minimum Gasteiger partial charge on any atom is -0.491 e. The number of carbonyl (C=O) groups excluding carboxylic acids is 2. The van der Waals surface area contributed by atoms with Gasteiger partial charge in [0.05, 0.1) is 12.3 Å². The smallest absolute Gasteiger partial charge is 0.270 e. The summed E-state index contributed by atoms with van der Waals surface area (Å²) in [7, 11) is 0. The zero-order valence-corrected chi connectivity index (χ0v) is 15.6. The Labute approximate surface area is 166 Å². The maximum absolute atomic E-state index is 12.9. The van der Waals surface area contributed by atoms with Gasteiger partial charge in [-0.05, 0) is 60.3 Å². The molecule has 0 aromatic heterocycles. The van der Waals surface area contributed by atoms with Crippen LogP contribution in [0.4, 0.5) is 5.69 Å². The first-order valence-corrected chi connectivity index (χ1v) is 8.79. The summed E-state index contributed by atoms with van der Waals surface area (Å²) in [5, 5.41) is 11.8. The highest BCUT2D eigenvalue weighted by Gasteiger charge is 2.34. The van der Waals surface area contributed by atoms with Crippen molar-refractivity contribution in [3.05, 3.63) is 64.7 Å². The quantitative estimate of drug-likeness (QED) is 0.456. The van der Waals surface area contributed by atoms with E-state index in [1.165, 1.54) is 11.0 Å². The van der Waals surface area contributed by atoms with Crippen molar-refractivity contribution in [3.63, 3.8) is 0 Å². The van der Waals surface area contributed by atoms with Gasteiger partial charge in [-0.15, -0.1) is 0 Å². The van der Waals surface area contributed by atoms with Crippen molar-refractivity contribution in [2.45, 2.75) is 0 Å². The van der Waals surface area contributed by atoms with Gasteiger partial charge in [0.15, 0.2) is 5.11 Å². The molecule has 0 radical (unpaired) electrons. The summed E-state index contributed by atoms with van der Waals surface area (Å²) in [6.07, 6.45) is 1.48. The van der Waals surface area contributed by atoms with Crippen molar-refractivity contribution in [3.8, 4) is 5.75 Å². The van der Waals surface area contributed by atoms with Crippen LogP contribution in [0.15, 0.2) is 54.1 Å². The van der Waals surface area contributed by atoms with E-state index in [1.807, 2.05) is 0 Å². The minimum atomic E-state index is -0.559. The van der Waals surface area contributed by atoms with Gasteiger partial charge in [-0.25, -0.2) is 0 Å². The Morgan fingerprint density at radius 2 is 1.78 bits per heavy atom. The standard InChI is InChI=1S/C19H15ClN2O4S/c20-13-3-5-14(6-4-13)22-18(25)16(17(24)21-19(22)27)11-12-1-7-15(8-2-12)26-10-9-23/h1-8,11,23H,9-10H2,(H,21,24,27). The number of aliphatic hydroxyl groups is 1. The van der Waals surface area contributed by atoms with E-state index in [9.17, 15) is 9.59 Å². The minimum absolute atomic E-state index is 0.0113. The molecular formula is C19H15ClN2O4S. The summed E-state index contributed by atoms with van der Waals surface area (Å²) in [5.74, 6) is -0.503. The monoisotopic (exact) mass is 402 g/mol. The van der Waals surface area contributed by atoms with Gasteiger partial charge in [0, 0.05) is 5.02 Å². The lowest BCUT2D eigenvalue weighted by Crippen LogP contribution is -2.54. The Hall–Kier alpha value is -2.74. The molecule has 1 saturated heterocycles. The predicted octanol–water partition coefficient (Wildman–Crippen LogP) is 2.54. The van der Waals surface area contributed by atoms with Gasteiger partial charge >= 0.3 is 0 Å². The largest absolute Gasteiger partial charge is 0.491 e. The number of benzene rings is 2. The topological polar surface area (TPSA) is 78.9 Å². The highest BCUT2D eigenvalue weighted by Crippen LogP contribution is 2.24. The first-order chi connectivity index (χ1) is 13.0. The average molecular weight is 403 g/mol. The van der Waals surface area contributed by atoms with Crippen LogP contribution in [0.5, 0.6) is 5.75 Å². The molecule has 27 heavy (non-hydrogen) atoms. The van der Waals surface area contributed by atoms with Gasteiger partial charge in [-0.1, -0.05) is 23.7 Å². The lowest BCUT2D eigenvalue weighted by atomic mass is 10.1. The zero-order valence-electron chi connectivity index (χ0n) is 14.0. The van der Waals surface area contributed by atoms with E-state index in [2.05, 4.69) is 5.32 Å². The van der Waals surface area contributed by atoms with Crippen LogP contribution in [0.25, 0.3) is 6.08 Å². The van der Waals surface area contributed by atoms with Crippen LogP contribution in [-0.2, 0) is 9.59 Å². The van der Waals surface area contributed by atoms with Gasteiger partial charge in [-0.3, -0.25) is 19.8 Å². The maximum Gasteiger partial charge on any atom is 0.270 e. The molecule has 0 aliphatic carbocycles. The normalized spacial score (nSPS) is 15.9. The second kappa shape index (κ2) is 8.30. The molecule has 2 aromatic carbocycles. The van der Waals surface area contributed by atoms with Gasteiger partial charge in [0.1, 0.15) is 17.9 Å². The molecule has 2 N–H and O–H groups in total. The van der Waals surface area contributed by atoms with Crippen LogP contribution in [0.3, 0.4) is 0 Å². The number of carbonyl (C=O) groups is 2. The Balaban J connectivity index is 1.88. The molecule has 1 aliphatic rings. The Bertz CT molecular complexity index is 910. The number of nitrogens with one attached hydrogen (secondary N) is 1. The molecule has 2 aromatic rings. The Morgan fingerprint density at radius 1 is 1.11 bits per heavy atom. The molecule has 1 heterocycles. The molecule has 0 spiro atoms. The van der Waals surface area contributed by atoms with Crippen molar-refractivity contribution in [1.82, 2.24) is 5.32 Å². The molecule has 2 amide bonds. The molecule has 6 nitrogen and oxygen atoms in total. The fourth-order valence-corrected chi connectivity index (χ4v) is 2.88. The van der Waals surface area contributed by atoms with Crippen molar-refractivity contribution < 1.29 is 19.4 Å². The number of nitrogens with zero attached hydrogens (tertiary/aromatic N) is 1. The molecule has 1 fully saturated rings. The summed E-state index contributed by atoms with van der Waals surface area (Å²) in [6, 6.07) is 13.4. The number of ether oxygens (including phenoxy) is 1. The first kappa shape index (κ1) is 19.0. The summed E-state index contributed by atoms with van der Waals surface area (Å²) < 4.78 is 5.29. The molecule has 0 atom stereocenters. The second-order valence-corrected chi connectivity index (χ2v) is 6.40. The molecule has 0 unspecified atom stereocenters. The highest BCUT2D eigenvalue weighted by atomic mass is 35.5. The summed E-state index contributed by atoms with van der Waals surface area (Å²) in [6.45, 7) is 0.107. The Morgan fingerprint density at radius 3 is 2.41 bits per heavy atom. The predicted molar refractivity (Wildman–Crippen MR) is 107 cm³/mol. The van der Waals surface area contributed by atoms with Crippen LogP contribution in [0, 0.1) is 0 Å². The number of aliphatic hydroxyl groups excluding tert-OH is 1. The molecule has 8 heteroatoms. The molecule has 138 valence electrons. The summed E-state index contributed by atoms with van der Waals surface area (Å²) in [4.78, 5) is 26.4. The van der Waals surface area contributed by atoms with E-state index >= 15 is 0 Å². The fourth-order valence-electron chi connectivity index (χ4n) is 2.47. The van der Waals surface area contributed by atoms with Crippen molar-refractivity contribution >= 4 is 52.5 Å². The van der Waals surface area contributed by atoms with Crippen LogP contribution in [0.2, 0.25) is 5.02 Å². The van der Waals surface area contributed by atoms with Gasteiger partial charge in [0.2, 0.25) is 0 Å². The molecular weight excluding hydrogens is 388 g/mol. The third-order valence-corrected chi connectivity index (χ3v) is 4.27. The molecule has 1 aliphatic heterocycles. The van der Waals surface area contributed by atoms with Crippen LogP contribution in [-0.4, -0.2) is 35.2 Å². The maximum atomic E-state index is 12.9. The summed E-state index contributed by atoms with van der Waals surface area (Å²) in [5.41, 5.74) is 1.12. The zero-order chi connectivity index (χ0) is 19.4. The number of hydrogen-bond acceptors (Lipinski definition) is 5. The van der Waals surface area contributed by atoms with Crippen molar-refractivity contribution in [1.29, 1.82) is 0 Å². The van der Waals surface area contributed by atoms with E-state index in [-0.39, 0.29) is 23.9 Å². The number of hydrogen-bond donors (Lipinski definition) is 2. The molecule has 0 bridgehead atoms. The Kier molecular flexibility index (Phi) is 5.85. The van der Waals surface area contributed by atoms with E-state index in [0.29, 0.717) is 22.0 Å². The number of rotatable bonds is 5. The summed E-state index contributed by atoms with van der Waals surface area (Å²) >= 11 is 11.0. The molecule has 0 saturated carbocycles. The fraction of sp³-hybridized carbons (Fsp3) is 0.105. The lowest BCUT2D eigenvalue weighted by molar-refractivity contribution is -0.122. The number of anilines is 1. The van der Waals surface area contributed by atoms with Crippen LogP contribution >= 0.6 is 23.8 Å². The average Bonchev–Trinajstić information content (AvgIpc) is 2.66. The first-order valence-electron chi connectivity index (χ1n) is 8.00. The van der Waals surface area contributed by atoms with Crippen molar-refractivity contribution in [2.24, 2.45) is 0 Å². The van der Waals surface area contributed by atoms with E-state index in [4.69, 9.17) is 33.7 Å². The van der Waals surface area contributed by atoms with E-state index in [0.717, 1.165) is 0 Å².